The summed E-state index contributed by atoms with van der Waals surface area (Å²) in [6.07, 6.45) is 0.249. The first-order chi connectivity index (χ1) is 9.88. The van der Waals surface area contributed by atoms with E-state index in [-0.39, 0.29) is 23.4 Å². The molecule has 9 heteroatoms. The zero-order valence-corrected chi connectivity index (χ0v) is 11.9. The van der Waals surface area contributed by atoms with Crippen molar-refractivity contribution in [2.45, 2.75) is 18.2 Å². The lowest BCUT2D eigenvalue weighted by Crippen LogP contribution is -2.26. The summed E-state index contributed by atoms with van der Waals surface area (Å²) < 4.78 is 31.3. The highest BCUT2D eigenvalue weighted by Gasteiger charge is 2.16. The predicted octanol–water partition coefficient (Wildman–Crippen LogP) is 0.597. The molecule has 2 N–H and O–H groups in total. The van der Waals surface area contributed by atoms with Gasteiger partial charge in [0.25, 0.3) is 0 Å². The molecule has 2 rings (SSSR count). The Kier molecular flexibility index (Phi) is 4.34. The van der Waals surface area contributed by atoms with Gasteiger partial charge in [-0.15, -0.1) is 0 Å². The summed E-state index contributed by atoms with van der Waals surface area (Å²) in [5, 5.41) is 12.5. The molecule has 0 bridgehead atoms. The molecule has 0 aliphatic carbocycles. The van der Waals surface area contributed by atoms with Crippen LogP contribution in [0.1, 0.15) is 22.1 Å². The fraction of sp³-hybridized carbons (Fsp3) is 0.250. The second-order valence-corrected chi connectivity index (χ2v) is 5.98. The Bertz CT molecular complexity index is 754. The lowest BCUT2D eigenvalue weighted by atomic mass is 10.2. The summed E-state index contributed by atoms with van der Waals surface area (Å²) in [5.74, 6) is -0.384. The van der Waals surface area contributed by atoms with E-state index in [0.29, 0.717) is 11.7 Å². The van der Waals surface area contributed by atoms with Crippen LogP contribution in [0, 0.1) is 6.92 Å². The summed E-state index contributed by atoms with van der Waals surface area (Å²) in [6.45, 7) is 1.73. The van der Waals surface area contributed by atoms with Crippen LogP contribution in [-0.2, 0) is 16.4 Å². The molecule has 0 aliphatic heterocycles. The van der Waals surface area contributed by atoms with Gasteiger partial charge in [-0.1, -0.05) is 11.2 Å². The van der Waals surface area contributed by atoms with Gasteiger partial charge in [0, 0.05) is 13.0 Å². The van der Waals surface area contributed by atoms with Crippen LogP contribution in [0.4, 0.5) is 0 Å². The first-order valence-electron chi connectivity index (χ1n) is 6.01. The second kappa shape index (κ2) is 6.02. The van der Waals surface area contributed by atoms with Crippen LogP contribution in [0.15, 0.2) is 33.7 Å². The minimum atomic E-state index is -3.78. The summed E-state index contributed by atoms with van der Waals surface area (Å²) in [6, 6.07) is 5.12. The van der Waals surface area contributed by atoms with Crippen molar-refractivity contribution >= 4 is 16.0 Å². The van der Waals surface area contributed by atoms with Crippen LogP contribution in [0.25, 0.3) is 0 Å². The van der Waals surface area contributed by atoms with E-state index in [2.05, 4.69) is 14.9 Å². The number of hydrogen-bond donors (Lipinski definition) is 2. The summed E-state index contributed by atoms with van der Waals surface area (Å²) in [5.41, 5.74) is -0.0922. The Morgan fingerprint density at radius 2 is 2.19 bits per heavy atom. The highest BCUT2D eigenvalue weighted by molar-refractivity contribution is 7.89. The highest BCUT2D eigenvalue weighted by Crippen LogP contribution is 2.11. The molecule has 1 heterocycles. The summed E-state index contributed by atoms with van der Waals surface area (Å²) in [4.78, 5) is 14.7. The number of sulfonamides is 1. The molecule has 21 heavy (non-hydrogen) atoms. The van der Waals surface area contributed by atoms with Crippen LogP contribution in [0.5, 0.6) is 0 Å². The first-order valence-corrected chi connectivity index (χ1v) is 7.49. The van der Waals surface area contributed by atoms with E-state index in [1.54, 1.807) is 6.92 Å². The van der Waals surface area contributed by atoms with Crippen molar-refractivity contribution in [3.63, 3.8) is 0 Å². The monoisotopic (exact) mass is 311 g/mol. The molecule has 0 radical (unpaired) electrons. The predicted molar refractivity (Wildman–Crippen MR) is 71.3 cm³/mol. The number of aromatic nitrogens is 2. The van der Waals surface area contributed by atoms with Gasteiger partial charge in [-0.05, 0) is 25.1 Å². The van der Waals surface area contributed by atoms with Gasteiger partial charge >= 0.3 is 5.97 Å². The molecule has 1 aromatic carbocycles. The van der Waals surface area contributed by atoms with Crippen molar-refractivity contribution < 1.29 is 22.8 Å². The summed E-state index contributed by atoms with van der Waals surface area (Å²) >= 11 is 0. The SMILES string of the molecule is Cc1noc(CCNS(=O)(=O)c2cccc(C(=O)O)c2)n1. The zero-order valence-electron chi connectivity index (χ0n) is 11.1. The van der Waals surface area contributed by atoms with Gasteiger partial charge in [0.1, 0.15) is 0 Å². The van der Waals surface area contributed by atoms with E-state index in [1.807, 2.05) is 0 Å². The number of hydrogen-bond acceptors (Lipinski definition) is 6. The van der Waals surface area contributed by atoms with E-state index >= 15 is 0 Å². The Hall–Kier alpha value is -2.26. The normalized spacial score (nSPS) is 11.5. The Morgan fingerprint density at radius 3 is 2.81 bits per heavy atom. The lowest BCUT2D eigenvalue weighted by Gasteiger charge is -2.06. The van der Waals surface area contributed by atoms with Gasteiger partial charge in [0.05, 0.1) is 10.5 Å². The van der Waals surface area contributed by atoms with Gasteiger partial charge in [0.2, 0.25) is 15.9 Å². The molecule has 0 spiro atoms. The van der Waals surface area contributed by atoms with Gasteiger partial charge < -0.3 is 9.63 Å². The molecule has 0 unspecified atom stereocenters. The molecular weight excluding hydrogens is 298 g/mol. The number of carboxylic acid groups (broad SMARTS) is 1. The van der Waals surface area contributed by atoms with Gasteiger partial charge in [0.15, 0.2) is 5.82 Å². The minimum Gasteiger partial charge on any atom is -0.478 e. The van der Waals surface area contributed by atoms with E-state index in [1.165, 1.54) is 18.2 Å². The smallest absolute Gasteiger partial charge is 0.335 e. The molecule has 2 aromatic rings. The van der Waals surface area contributed by atoms with Gasteiger partial charge in [-0.25, -0.2) is 17.9 Å². The first kappa shape index (κ1) is 15.1. The quantitative estimate of drug-likeness (QED) is 0.800. The largest absolute Gasteiger partial charge is 0.478 e. The molecule has 0 fully saturated rings. The number of benzene rings is 1. The third-order valence-corrected chi connectivity index (χ3v) is 4.05. The van der Waals surface area contributed by atoms with Crippen molar-refractivity contribution in [1.29, 1.82) is 0 Å². The fourth-order valence-corrected chi connectivity index (χ4v) is 2.69. The molecule has 0 aliphatic rings. The standard InChI is InChI=1S/C12H13N3O5S/c1-8-14-11(20-15-8)5-6-13-21(18,19)10-4-2-3-9(7-10)12(16)17/h2-4,7,13H,5-6H2,1H3,(H,16,17). The lowest BCUT2D eigenvalue weighted by molar-refractivity contribution is 0.0696. The maximum Gasteiger partial charge on any atom is 0.335 e. The number of aromatic carboxylic acids is 1. The van der Waals surface area contributed by atoms with E-state index in [4.69, 9.17) is 9.63 Å². The molecule has 112 valence electrons. The van der Waals surface area contributed by atoms with Gasteiger partial charge in [-0.3, -0.25) is 0 Å². The number of carboxylic acids is 1. The van der Waals surface area contributed by atoms with Crippen molar-refractivity contribution in [1.82, 2.24) is 14.9 Å². The molecule has 0 saturated heterocycles. The van der Waals surface area contributed by atoms with Crippen LogP contribution < -0.4 is 4.72 Å². The maximum atomic E-state index is 12.0. The third kappa shape index (κ3) is 3.86. The average Bonchev–Trinajstić information content (AvgIpc) is 2.84. The van der Waals surface area contributed by atoms with Crippen LogP contribution in [0.3, 0.4) is 0 Å². The molecule has 0 saturated carbocycles. The average molecular weight is 311 g/mol. The Morgan fingerprint density at radius 1 is 1.43 bits per heavy atom. The number of carbonyl (C=O) groups is 1. The van der Waals surface area contributed by atoms with E-state index in [0.717, 1.165) is 6.07 Å². The number of nitrogens with one attached hydrogen (secondary N) is 1. The van der Waals surface area contributed by atoms with Crippen molar-refractivity contribution in [3.8, 4) is 0 Å². The van der Waals surface area contributed by atoms with Crippen LogP contribution >= 0.6 is 0 Å². The van der Waals surface area contributed by atoms with Crippen molar-refractivity contribution in [2.75, 3.05) is 6.54 Å². The molecule has 8 nitrogen and oxygen atoms in total. The van der Waals surface area contributed by atoms with Crippen LogP contribution in [-0.4, -0.2) is 36.2 Å². The van der Waals surface area contributed by atoms with Crippen LogP contribution in [0.2, 0.25) is 0 Å². The minimum absolute atomic E-state index is 0.0707. The van der Waals surface area contributed by atoms with Crippen molar-refractivity contribution in [3.05, 3.63) is 41.5 Å². The highest BCUT2D eigenvalue weighted by atomic mass is 32.2. The Labute approximate surface area is 120 Å². The van der Waals surface area contributed by atoms with E-state index < -0.39 is 16.0 Å². The van der Waals surface area contributed by atoms with Crippen molar-refractivity contribution in [2.24, 2.45) is 0 Å². The van der Waals surface area contributed by atoms with Gasteiger partial charge in [-0.2, -0.15) is 4.98 Å². The second-order valence-electron chi connectivity index (χ2n) is 4.22. The number of aryl methyl sites for hydroxylation is 1. The summed E-state index contributed by atoms with van der Waals surface area (Å²) in [7, 11) is -3.78. The Balaban J connectivity index is 2.04. The molecule has 0 amide bonds. The topological polar surface area (TPSA) is 122 Å². The molecular formula is C12H13N3O5S. The number of rotatable bonds is 6. The number of nitrogens with zero attached hydrogens (tertiary/aromatic N) is 2. The third-order valence-electron chi connectivity index (χ3n) is 2.59. The molecule has 0 atom stereocenters. The van der Waals surface area contributed by atoms with E-state index in [9.17, 15) is 13.2 Å². The molecule has 1 aromatic heterocycles. The maximum absolute atomic E-state index is 12.0. The zero-order chi connectivity index (χ0) is 15.5. The fourth-order valence-electron chi connectivity index (χ4n) is 1.61.